The minimum absolute atomic E-state index is 0.0509. The van der Waals surface area contributed by atoms with Gasteiger partial charge in [0.05, 0.1) is 12.7 Å². The molecular formula is C22H30N4O3. The number of amides is 1. The number of piperidine rings is 2. The van der Waals surface area contributed by atoms with Crippen LogP contribution in [-0.2, 0) is 11.2 Å². The summed E-state index contributed by atoms with van der Waals surface area (Å²) in [4.78, 5) is 19.4. The predicted molar refractivity (Wildman–Crippen MR) is 110 cm³/mol. The van der Waals surface area contributed by atoms with E-state index in [9.17, 15) is 4.79 Å². The molecule has 0 aliphatic carbocycles. The summed E-state index contributed by atoms with van der Waals surface area (Å²) in [6.45, 7) is 3.22. The molecule has 3 heterocycles. The molecule has 1 aromatic heterocycles. The number of carbonyl (C=O) groups excluding carboxylic acids is 1. The third kappa shape index (κ3) is 4.78. The second-order valence-electron chi connectivity index (χ2n) is 8.02. The molecule has 0 unspecified atom stereocenters. The zero-order chi connectivity index (χ0) is 20.1. The van der Waals surface area contributed by atoms with Crippen molar-refractivity contribution < 1.29 is 14.1 Å². The van der Waals surface area contributed by atoms with Crippen molar-refractivity contribution in [1.29, 1.82) is 0 Å². The zero-order valence-corrected chi connectivity index (χ0v) is 17.1. The summed E-state index contributed by atoms with van der Waals surface area (Å²) >= 11 is 0. The fraction of sp³-hybridized carbons (Fsp3) is 0.591. The van der Waals surface area contributed by atoms with Crippen LogP contribution in [0.5, 0.6) is 5.75 Å². The van der Waals surface area contributed by atoms with Crippen molar-refractivity contribution in [3.8, 4) is 17.1 Å². The highest BCUT2D eigenvalue weighted by atomic mass is 16.5. The van der Waals surface area contributed by atoms with Gasteiger partial charge in [-0.25, -0.2) is 0 Å². The van der Waals surface area contributed by atoms with Crippen molar-refractivity contribution in [1.82, 2.24) is 20.4 Å². The molecule has 0 radical (unpaired) electrons. The Morgan fingerprint density at radius 2 is 2.10 bits per heavy atom. The molecule has 4 rings (SSSR count). The lowest BCUT2D eigenvalue weighted by atomic mass is 9.83. The van der Waals surface area contributed by atoms with E-state index in [2.05, 4.69) is 20.4 Å². The zero-order valence-electron chi connectivity index (χ0n) is 17.1. The first-order valence-corrected chi connectivity index (χ1v) is 10.7. The van der Waals surface area contributed by atoms with Crippen LogP contribution >= 0.6 is 0 Å². The van der Waals surface area contributed by atoms with Crippen LogP contribution in [0.15, 0.2) is 28.8 Å². The molecule has 2 saturated heterocycles. The lowest BCUT2D eigenvalue weighted by molar-refractivity contribution is -0.121. The van der Waals surface area contributed by atoms with Crippen LogP contribution in [0.2, 0.25) is 0 Å². The molecule has 2 aromatic rings. The molecular weight excluding hydrogens is 368 g/mol. The van der Waals surface area contributed by atoms with Crippen molar-refractivity contribution in [3.63, 3.8) is 0 Å². The molecule has 29 heavy (non-hydrogen) atoms. The first-order valence-electron chi connectivity index (χ1n) is 10.7. The number of nitrogens with zero attached hydrogens (tertiary/aromatic N) is 3. The van der Waals surface area contributed by atoms with Crippen LogP contribution < -0.4 is 10.1 Å². The number of nitrogens with one attached hydrogen (secondary N) is 1. The van der Waals surface area contributed by atoms with E-state index >= 15 is 0 Å². The molecule has 2 atom stereocenters. The number of carbonyl (C=O) groups is 1. The van der Waals surface area contributed by atoms with Gasteiger partial charge in [0.25, 0.3) is 0 Å². The smallest absolute Gasteiger partial charge is 0.227 e. The van der Waals surface area contributed by atoms with Crippen LogP contribution in [-0.4, -0.2) is 53.7 Å². The number of fused-ring (bicyclic) bond motifs is 1. The summed E-state index contributed by atoms with van der Waals surface area (Å²) in [5.74, 6) is 2.28. The van der Waals surface area contributed by atoms with Crippen molar-refractivity contribution in [2.75, 3.05) is 26.7 Å². The Morgan fingerprint density at radius 1 is 1.24 bits per heavy atom. The number of hydrogen-bond donors (Lipinski definition) is 1. The number of aryl methyl sites for hydroxylation is 1. The molecule has 0 spiro atoms. The van der Waals surface area contributed by atoms with E-state index in [0.717, 1.165) is 12.1 Å². The van der Waals surface area contributed by atoms with Crippen LogP contribution in [0.4, 0.5) is 0 Å². The second kappa shape index (κ2) is 9.39. The van der Waals surface area contributed by atoms with Gasteiger partial charge < -0.3 is 19.5 Å². The van der Waals surface area contributed by atoms with Crippen LogP contribution in [0.3, 0.4) is 0 Å². The number of aromatic nitrogens is 2. The molecule has 1 N–H and O–H groups in total. The molecule has 7 nitrogen and oxygen atoms in total. The number of benzene rings is 1. The highest BCUT2D eigenvalue weighted by Gasteiger charge is 2.32. The number of methoxy groups -OCH3 is 1. The van der Waals surface area contributed by atoms with E-state index in [0.29, 0.717) is 42.3 Å². The minimum Gasteiger partial charge on any atom is -0.496 e. The van der Waals surface area contributed by atoms with Gasteiger partial charge in [-0.05, 0) is 56.8 Å². The Balaban J connectivity index is 1.26. The summed E-state index contributed by atoms with van der Waals surface area (Å²) in [6.07, 6.45) is 7.16. The Labute approximate surface area is 171 Å². The largest absolute Gasteiger partial charge is 0.496 e. The van der Waals surface area contributed by atoms with Crippen molar-refractivity contribution >= 4 is 5.91 Å². The van der Waals surface area contributed by atoms with Crippen molar-refractivity contribution in [2.24, 2.45) is 5.92 Å². The molecule has 1 amide bonds. The normalized spacial score (nSPS) is 22.1. The Morgan fingerprint density at radius 3 is 3.00 bits per heavy atom. The van der Waals surface area contributed by atoms with E-state index in [1.54, 1.807) is 7.11 Å². The molecule has 0 bridgehead atoms. The fourth-order valence-corrected chi connectivity index (χ4v) is 4.66. The van der Waals surface area contributed by atoms with Crippen LogP contribution in [0, 0.1) is 5.92 Å². The van der Waals surface area contributed by atoms with Gasteiger partial charge in [-0.15, -0.1) is 0 Å². The summed E-state index contributed by atoms with van der Waals surface area (Å²) in [5.41, 5.74) is 0.781. The Bertz CT molecular complexity index is 820. The average molecular weight is 399 g/mol. The highest BCUT2D eigenvalue weighted by molar-refractivity contribution is 5.76. The average Bonchev–Trinajstić information content (AvgIpc) is 3.25. The molecule has 0 saturated carbocycles. The van der Waals surface area contributed by atoms with Gasteiger partial charge in [0.15, 0.2) is 0 Å². The van der Waals surface area contributed by atoms with Crippen LogP contribution in [0.25, 0.3) is 11.4 Å². The number of hydrogen-bond acceptors (Lipinski definition) is 6. The lowest BCUT2D eigenvalue weighted by Crippen LogP contribution is -2.51. The minimum atomic E-state index is 0.0509. The summed E-state index contributed by atoms with van der Waals surface area (Å²) in [5, 5.41) is 7.17. The first-order chi connectivity index (χ1) is 14.2. The topological polar surface area (TPSA) is 80.5 Å². The van der Waals surface area contributed by atoms with Crippen molar-refractivity contribution in [3.05, 3.63) is 30.2 Å². The fourth-order valence-electron chi connectivity index (χ4n) is 4.66. The molecule has 2 aliphatic heterocycles. The lowest BCUT2D eigenvalue weighted by Gasteiger charge is -2.44. The Kier molecular flexibility index (Phi) is 6.44. The monoisotopic (exact) mass is 398 g/mol. The maximum absolute atomic E-state index is 12.4. The summed E-state index contributed by atoms with van der Waals surface area (Å²) in [6, 6.07) is 8.19. The molecule has 2 aliphatic rings. The Hall–Kier alpha value is -2.41. The number of ether oxygens (including phenoxy) is 1. The first kappa shape index (κ1) is 19.9. The summed E-state index contributed by atoms with van der Waals surface area (Å²) in [7, 11) is 1.61. The third-order valence-corrected chi connectivity index (χ3v) is 6.17. The van der Waals surface area contributed by atoms with Gasteiger partial charge in [-0.2, -0.15) is 4.98 Å². The number of para-hydroxylation sites is 1. The van der Waals surface area contributed by atoms with E-state index < -0.39 is 0 Å². The molecule has 1 aromatic carbocycles. The van der Waals surface area contributed by atoms with Gasteiger partial charge in [-0.1, -0.05) is 23.7 Å². The van der Waals surface area contributed by atoms with Crippen molar-refractivity contribution in [2.45, 2.75) is 51.0 Å². The van der Waals surface area contributed by atoms with E-state index in [4.69, 9.17) is 9.26 Å². The van der Waals surface area contributed by atoms with Gasteiger partial charge in [-0.3, -0.25) is 4.79 Å². The number of rotatable bonds is 7. The van der Waals surface area contributed by atoms with Gasteiger partial charge in [0.1, 0.15) is 5.75 Å². The van der Waals surface area contributed by atoms with Gasteiger partial charge >= 0.3 is 0 Å². The molecule has 7 heteroatoms. The molecule has 2 fully saturated rings. The van der Waals surface area contributed by atoms with Gasteiger partial charge in [0.2, 0.25) is 17.6 Å². The summed E-state index contributed by atoms with van der Waals surface area (Å²) < 4.78 is 10.7. The van der Waals surface area contributed by atoms with Crippen LogP contribution in [0.1, 0.15) is 44.4 Å². The highest BCUT2D eigenvalue weighted by Crippen LogP contribution is 2.30. The quantitative estimate of drug-likeness (QED) is 0.772. The maximum atomic E-state index is 12.4. The predicted octanol–water partition coefficient (Wildman–Crippen LogP) is 3.06. The third-order valence-electron chi connectivity index (χ3n) is 6.17. The molecule has 156 valence electrons. The maximum Gasteiger partial charge on any atom is 0.227 e. The SMILES string of the molecule is COc1ccccc1-c1noc(CCC(=O)NC[C@H]2CCCN3CCCC[C@H]23)n1. The van der Waals surface area contributed by atoms with E-state index in [1.807, 2.05) is 24.3 Å². The van der Waals surface area contributed by atoms with E-state index in [1.165, 1.54) is 45.2 Å². The second-order valence-corrected chi connectivity index (χ2v) is 8.02. The van der Waals surface area contributed by atoms with Gasteiger partial charge in [0, 0.05) is 25.4 Å². The van der Waals surface area contributed by atoms with E-state index in [-0.39, 0.29) is 5.91 Å². The standard InChI is InChI=1S/C22H30N4O3/c1-28-19-10-3-2-8-17(19)22-24-21(29-25-22)12-11-20(27)23-15-16-7-6-14-26-13-5-4-9-18(16)26/h2-3,8,10,16,18H,4-7,9,11-15H2,1H3,(H,23,27)/t16-,18-/m1/s1.